The maximum absolute atomic E-state index is 13.4. The number of para-hydroxylation sites is 1. The summed E-state index contributed by atoms with van der Waals surface area (Å²) in [5.74, 6) is 3.30. The maximum atomic E-state index is 13.4. The van der Waals surface area contributed by atoms with E-state index >= 15 is 0 Å². The van der Waals surface area contributed by atoms with Crippen LogP contribution in [0.4, 0.5) is 0 Å². The van der Waals surface area contributed by atoms with Gasteiger partial charge >= 0.3 is 0 Å². The van der Waals surface area contributed by atoms with E-state index in [0.717, 1.165) is 47.1 Å². The summed E-state index contributed by atoms with van der Waals surface area (Å²) in [7, 11) is 0. The van der Waals surface area contributed by atoms with Gasteiger partial charge in [0.15, 0.2) is 0 Å². The second kappa shape index (κ2) is 10.1. The Morgan fingerprint density at radius 1 is 1.00 bits per heavy atom. The predicted octanol–water partition coefficient (Wildman–Crippen LogP) is 5.15. The fraction of sp³-hybridized carbons (Fsp3) is 0.286. The minimum atomic E-state index is 0.0788. The molecule has 0 aliphatic carbocycles. The average Bonchev–Trinajstić information content (AvgIpc) is 3.28. The first-order chi connectivity index (χ1) is 17.1. The Balaban J connectivity index is 1.27. The van der Waals surface area contributed by atoms with Crippen LogP contribution >= 0.6 is 0 Å². The molecule has 7 heteroatoms. The van der Waals surface area contributed by atoms with Gasteiger partial charge in [-0.2, -0.15) is 4.98 Å². The third-order valence-electron chi connectivity index (χ3n) is 6.47. The number of aryl methyl sites for hydroxylation is 2. The number of likely N-dealkylation sites (tertiary alicyclic amines) is 1. The summed E-state index contributed by atoms with van der Waals surface area (Å²) < 4.78 is 8.01. The molecule has 0 atom stereocenters. The molecule has 1 aliphatic rings. The zero-order valence-corrected chi connectivity index (χ0v) is 20.1. The molecule has 35 heavy (non-hydrogen) atoms. The number of carbonyl (C=O) groups is 1. The summed E-state index contributed by atoms with van der Waals surface area (Å²) in [4.78, 5) is 29.1. The SMILES string of the molecule is Cc1cc(Oc2ccccc2)nc(C2CCN(C(=O)c3ccccc3Cn3ccnc3C)CC2)n1. The maximum Gasteiger partial charge on any atom is 0.254 e. The monoisotopic (exact) mass is 467 g/mol. The second-order valence-electron chi connectivity index (χ2n) is 8.95. The van der Waals surface area contributed by atoms with Gasteiger partial charge < -0.3 is 14.2 Å². The lowest BCUT2D eigenvalue weighted by Crippen LogP contribution is -2.38. The van der Waals surface area contributed by atoms with Crippen molar-refractivity contribution in [2.75, 3.05) is 13.1 Å². The van der Waals surface area contributed by atoms with Gasteiger partial charge in [0, 0.05) is 55.3 Å². The minimum absolute atomic E-state index is 0.0788. The molecule has 3 heterocycles. The van der Waals surface area contributed by atoms with Crippen molar-refractivity contribution < 1.29 is 9.53 Å². The molecule has 0 spiro atoms. The smallest absolute Gasteiger partial charge is 0.254 e. The first kappa shape index (κ1) is 22.8. The van der Waals surface area contributed by atoms with Crippen molar-refractivity contribution in [3.63, 3.8) is 0 Å². The zero-order valence-electron chi connectivity index (χ0n) is 20.1. The van der Waals surface area contributed by atoms with E-state index in [1.807, 2.05) is 85.6 Å². The topological polar surface area (TPSA) is 73.1 Å². The summed E-state index contributed by atoms with van der Waals surface area (Å²) in [6.07, 6.45) is 5.37. The Hall–Kier alpha value is -4.00. The number of rotatable bonds is 6. The van der Waals surface area contributed by atoms with Crippen LogP contribution in [0.25, 0.3) is 0 Å². The standard InChI is InChI=1S/C28H29N5O2/c1-20-18-26(35-24-9-4-3-5-10-24)31-27(30-20)22-12-15-32(16-13-22)28(34)25-11-7-6-8-23(25)19-33-17-14-29-21(33)2/h3-11,14,17-18,22H,12-13,15-16,19H2,1-2H3. The Kier molecular flexibility index (Phi) is 6.57. The van der Waals surface area contributed by atoms with Crippen LogP contribution in [0, 0.1) is 13.8 Å². The molecule has 1 aliphatic heterocycles. The number of aromatic nitrogens is 4. The molecule has 0 radical (unpaired) electrons. The van der Waals surface area contributed by atoms with Gasteiger partial charge in [-0.3, -0.25) is 4.79 Å². The van der Waals surface area contributed by atoms with Crippen LogP contribution in [0.2, 0.25) is 0 Å². The van der Waals surface area contributed by atoms with Crippen molar-refractivity contribution in [2.24, 2.45) is 0 Å². The molecule has 0 saturated carbocycles. The fourth-order valence-corrected chi connectivity index (χ4v) is 4.54. The first-order valence-corrected chi connectivity index (χ1v) is 12.0. The number of nitrogens with zero attached hydrogens (tertiary/aromatic N) is 5. The van der Waals surface area contributed by atoms with Crippen LogP contribution in [-0.4, -0.2) is 43.4 Å². The number of hydrogen-bond donors (Lipinski definition) is 0. The van der Waals surface area contributed by atoms with Crippen molar-refractivity contribution in [3.8, 4) is 11.6 Å². The lowest BCUT2D eigenvalue weighted by atomic mass is 9.95. The first-order valence-electron chi connectivity index (χ1n) is 12.0. The summed E-state index contributed by atoms with van der Waals surface area (Å²) in [6.45, 7) is 5.91. The molecular formula is C28H29N5O2. The van der Waals surface area contributed by atoms with Crippen molar-refractivity contribution in [2.45, 2.75) is 39.2 Å². The molecule has 0 N–H and O–H groups in total. The number of carbonyl (C=O) groups excluding carboxylic acids is 1. The van der Waals surface area contributed by atoms with Crippen LogP contribution in [0.1, 0.15) is 52.0 Å². The minimum Gasteiger partial charge on any atom is -0.439 e. The molecule has 0 bridgehead atoms. The van der Waals surface area contributed by atoms with Crippen LogP contribution < -0.4 is 4.74 Å². The quantitative estimate of drug-likeness (QED) is 0.392. The van der Waals surface area contributed by atoms with Gasteiger partial charge in [0.2, 0.25) is 5.88 Å². The van der Waals surface area contributed by atoms with Crippen LogP contribution in [0.5, 0.6) is 11.6 Å². The molecule has 1 saturated heterocycles. The number of piperidine rings is 1. The number of amides is 1. The van der Waals surface area contributed by atoms with E-state index in [9.17, 15) is 4.79 Å². The van der Waals surface area contributed by atoms with Crippen molar-refractivity contribution in [3.05, 3.63) is 102 Å². The van der Waals surface area contributed by atoms with E-state index in [2.05, 4.69) is 14.5 Å². The number of benzene rings is 2. The molecule has 0 unspecified atom stereocenters. The van der Waals surface area contributed by atoms with Gasteiger partial charge in [-0.15, -0.1) is 0 Å². The Bertz CT molecular complexity index is 1310. The highest BCUT2D eigenvalue weighted by atomic mass is 16.5. The van der Waals surface area contributed by atoms with Crippen molar-refractivity contribution in [1.29, 1.82) is 0 Å². The van der Waals surface area contributed by atoms with Crippen molar-refractivity contribution >= 4 is 5.91 Å². The summed E-state index contributed by atoms with van der Waals surface area (Å²) >= 11 is 0. The molecule has 2 aromatic carbocycles. The van der Waals surface area contributed by atoms with E-state index in [1.54, 1.807) is 6.20 Å². The van der Waals surface area contributed by atoms with E-state index in [1.165, 1.54) is 0 Å². The summed E-state index contributed by atoms with van der Waals surface area (Å²) in [5.41, 5.74) is 2.64. The van der Waals surface area contributed by atoms with Gasteiger partial charge in [-0.25, -0.2) is 9.97 Å². The third-order valence-corrected chi connectivity index (χ3v) is 6.47. The molecule has 1 amide bonds. The largest absolute Gasteiger partial charge is 0.439 e. The summed E-state index contributed by atoms with van der Waals surface area (Å²) in [6, 6.07) is 19.4. The van der Waals surface area contributed by atoms with Gasteiger partial charge in [-0.1, -0.05) is 36.4 Å². The average molecular weight is 468 g/mol. The summed E-state index contributed by atoms with van der Waals surface area (Å²) in [5, 5.41) is 0. The van der Waals surface area contributed by atoms with E-state index in [-0.39, 0.29) is 11.8 Å². The normalized spacial score (nSPS) is 14.2. The van der Waals surface area contributed by atoms with Crippen LogP contribution in [0.3, 0.4) is 0 Å². The lowest BCUT2D eigenvalue weighted by molar-refractivity contribution is 0.0709. The Morgan fingerprint density at radius 2 is 1.74 bits per heavy atom. The Morgan fingerprint density at radius 3 is 2.49 bits per heavy atom. The molecular weight excluding hydrogens is 438 g/mol. The van der Waals surface area contributed by atoms with E-state index in [4.69, 9.17) is 9.72 Å². The number of ether oxygens (including phenoxy) is 1. The van der Waals surface area contributed by atoms with Gasteiger partial charge in [0.1, 0.15) is 17.4 Å². The Labute approximate surface area is 205 Å². The number of imidazole rings is 1. The van der Waals surface area contributed by atoms with E-state index in [0.29, 0.717) is 25.5 Å². The van der Waals surface area contributed by atoms with Gasteiger partial charge in [-0.05, 0) is 50.5 Å². The molecule has 5 rings (SSSR count). The molecule has 7 nitrogen and oxygen atoms in total. The van der Waals surface area contributed by atoms with Crippen LogP contribution in [0.15, 0.2) is 73.1 Å². The molecule has 4 aromatic rings. The predicted molar refractivity (Wildman–Crippen MR) is 134 cm³/mol. The lowest BCUT2D eigenvalue weighted by Gasteiger charge is -2.32. The van der Waals surface area contributed by atoms with Gasteiger partial charge in [0.25, 0.3) is 5.91 Å². The zero-order chi connectivity index (χ0) is 24.2. The highest BCUT2D eigenvalue weighted by Crippen LogP contribution is 2.29. The highest BCUT2D eigenvalue weighted by molar-refractivity contribution is 5.95. The molecule has 2 aromatic heterocycles. The molecule has 178 valence electrons. The van der Waals surface area contributed by atoms with E-state index < -0.39 is 0 Å². The van der Waals surface area contributed by atoms with Crippen LogP contribution in [-0.2, 0) is 6.54 Å². The third kappa shape index (κ3) is 5.24. The molecule has 1 fully saturated rings. The highest BCUT2D eigenvalue weighted by Gasteiger charge is 2.27. The van der Waals surface area contributed by atoms with Crippen molar-refractivity contribution in [1.82, 2.24) is 24.4 Å². The van der Waals surface area contributed by atoms with Gasteiger partial charge in [0.05, 0.1) is 0 Å². The fourth-order valence-electron chi connectivity index (χ4n) is 4.54. The second-order valence-corrected chi connectivity index (χ2v) is 8.95. The number of hydrogen-bond acceptors (Lipinski definition) is 5.